The Morgan fingerprint density at radius 3 is 2.58 bits per heavy atom. The number of anilines is 2. The lowest BCUT2D eigenvalue weighted by atomic mass is 9.75. The smallest absolute Gasteiger partial charge is 0.316 e. The van der Waals surface area contributed by atoms with E-state index in [1.807, 2.05) is 50.2 Å². The second-order valence-electron chi connectivity index (χ2n) is 8.15. The van der Waals surface area contributed by atoms with Gasteiger partial charge < -0.3 is 24.8 Å². The lowest BCUT2D eigenvalue weighted by Gasteiger charge is -2.32. The fourth-order valence-electron chi connectivity index (χ4n) is 4.57. The van der Waals surface area contributed by atoms with Gasteiger partial charge in [-0.15, -0.1) is 0 Å². The average molecular weight is 515 g/mol. The Bertz CT molecular complexity index is 1130. The van der Waals surface area contributed by atoms with Gasteiger partial charge in [0, 0.05) is 11.3 Å². The van der Waals surface area contributed by atoms with E-state index < -0.39 is 17.9 Å². The van der Waals surface area contributed by atoms with Crippen molar-refractivity contribution < 1.29 is 23.8 Å². The molecule has 1 aliphatic heterocycles. The number of halogens is 1. The van der Waals surface area contributed by atoms with E-state index in [-0.39, 0.29) is 11.7 Å². The third kappa shape index (κ3) is 4.19. The standard InChI is InChI=1S/C25H27BrN2O5/c1-5-33-24-15(26)11-14(12-19(24)31-3)22-21-18(27-16-8-6-7-9-17(16)28-22)10-13(2)20(23(21)29)25(30)32-4/h6-9,11-13,20,22,27-28H,5,10H2,1-4H3/t13-,20-,22+/m1/s1. The van der Waals surface area contributed by atoms with Crippen molar-refractivity contribution in [2.75, 3.05) is 31.5 Å². The van der Waals surface area contributed by atoms with E-state index in [0.29, 0.717) is 34.6 Å². The van der Waals surface area contributed by atoms with Crippen molar-refractivity contribution in [2.24, 2.45) is 11.8 Å². The molecule has 0 unspecified atom stereocenters. The monoisotopic (exact) mass is 514 g/mol. The van der Waals surface area contributed by atoms with E-state index in [2.05, 4.69) is 26.6 Å². The third-order valence-corrected chi connectivity index (χ3v) is 6.69. The summed E-state index contributed by atoms with van der Waals surface area (Å²) >= 11 is 3.59. The number of hydrogen-bond acceptors (Lipinski definition) is 7. The zero-order valence-electron chi connectivity index (χ0n) is 19.0. The highest BCUT2D eigenvalue weighted by Gasteiger charge is 2.44. The number of hydrogen-bond donors (Lipinski definition) is 2. The molecule has 0 spiro atoms. The number of carbonyl (C=O) groups excluding carboxylic acids is 2. The van der Waals surface area contributed by atoms with Crippen LogP contribution in [0.1, 0.15) is 31.9 Å². The number of para-hydroxylation sites is 2. The van der Waals surface area contributed by atoms with Crippen LogP contribution in [0, 0.1) is 11.8 Å². The molecule has 0 radical (unpaired) electrons. The molecule has 0 aromatic heterocycles. The van der Waals surface area contributed by atoms with E-state index in [4.69, 9.17) is 14.2 Å². The molecule has 8 heteroatoms. The Morgan fingerprint density at radius 2 is 1.91 bits per heavy atom. The molecule has 2 N–H and O–H groups in total. The van der Waals surface area contributed by atoms with Crippen LogP contribution in [0.4, 0.5) is 11.4 Å². The van der Waals surface area contributed by atoms with E-state index in [1.54, 1.807) is 7.11 Å². The van der Waals surface area contributed by atoms with Crippen LogP contribution in [-0.4, -0.2) is 32.6 Å². The number of ether oxygens (including phenoxy) is 3. The molecule has 7 nitrogen and oxygen atoms in total. The van der Waals surface area contributed by atoms with Crippen LogP contribution in [0.2, 0.25) is 0 Å². The minimum atomic E-state index is -0.853. The molecule has 33 heavy (non-hydrogen) atoms. The van der Waals surface area contributed by atoms with Gasteiger partial charge in [0.25, 0.3) is 0 Å². The normalized spacial score (nSPS) is 21.7. The number of carbonyl (C=O) groups is 2. The van der Waals surface area contributed by atoms with E-state index in [9.17, 15) is 9.59 Å². The van der Waals surface area contributed by atoms with E-state index in [0.717, 1.165) is 22.6 Å². The first-order valence-corrected chi connectivity index (χ1v) is 11.7. The summed E-state index contributed by atoms with van der Waals surface area (Å²) < 4.78 is 17.0. The second kappa shape index (κ2) is 9.47. The first kappa shape index (κ1) is 23.2. The molecule has 2 aliphatic rings. The highest BCUT2D eigenvalue weighted by atomic mass is 79.9. The first-order valence-electron chi connectivity index (χ1n) is 10.9. The Hall–Kier alpha value is -3.00. The van der Waals surface area contributed by atoms with E-state index >= 15 is 0 Å². The zero-order chi connectivity index (χ0) is 23.7. The molecule has 174 valence electrons. The predicted octanol–water partition coefficient (Wildman–Crippen LogP) is 5.09. The van der Waals surface area contributed by atoms with Gasteiger partial charge in [-0.2, -0.15) is 0 Å². The summed E-state index contributed by atoms with van der Waals surface area (Å²) in [5.41, 5.74) is 3.87. The molecule has 0 saturated carbocycles. The van der Waals surface area contributed by atoms with Crippen LogP contribution < -0.4 is 20.1 Å². The molecule has 0 bridgehead atoms. The lowest BCUT2D eigenvalue weighted by Crippen LogP contribution is -2.39. The summed E-state index contributed by atoms with van der Waals surface area (Å²) in [5.74, 6) is -0.641. The van der Waals surface area contributed by atoms with Gasteiger partial charge in [0.2, 0.25) is 0 Å². The van der Waals surface area contributed by atoms with Crippen LogP contribution in [-0.2, 0) is 14.3 Å². The Morgan fingerprint density at radius 1 is 1.18 bits per heavy atom. The lowest BCUT2D eigenvalue weighted by molar-refractivity contribution is -0.151. The summed E-state index contributed by atoms with van der Waals surface area (Å²) in [7, 11) is 2.90. The molecule has 0 saturated heterocycles. The highest BCUT2D eigenvalue weighted by Crippen LogP contribution is 2.46. The van der Waals surface area contributed by atoms with Gasteiger partial charge in [-0.3, -0.25) is 9.59 Å². The number of ketones is 1. The molecule has 4 rings (SSSR count). The average Bonchev–Trinajstić information content (AvgIpc) is 2.96. The fraction of sp³-hybridized carbons (Fsp3) is 0.360. The van der Waals surface area contributed by atoms with Gasteiger partial charge in [0.05, 0.1) is 42.7 Å². The summed E-state index contributed by atoms with van der Waals surface area (Å²) in [6, 6.07) is 11.1. The predicted molar refractivity (Wildman–Crippen MR) is 130 cm³/mol. The molecule has 2 aromatic carbocycles. The summed E-state index contributed by atoms with van der Waals surface area (Å²) in [5, 5.41) is 6.97. The number of Topliss-reactive ketones (excluding diaryl/α,β-unsaturated/α-hetero) is 1. The van der Waals surface area contributed by atoms with Crippen molar-refractivity contribution in [1.29, 1.82) is 0 Å². The van der Waals surface area contributed by atoms with Gasteiger partial charge >= 0.3 is 5.97 Å². The number of methoxy groups -OCH3 is 2. The van der Waals surface area contributed by atoms with Crippen LogP contribution in [0.25, 0.3) is 0 Å². The second-order valence-corrected chi connectivity index (χ2v) is 9.01. The molecule has 0 fully saturated rings. The Kier molecular flexibility index (Phi) is 6.65. The molecule has 0 amide bonds. The number of rotatable bonds is 5. The molecule has 3 atom stereocenters. The number of nitrogens with one attached hydrogen (secondary N) is 2. The Balaban J connectivity index is 1.90. The van der Waals surface area contributed by atoms with Crippen LogP contribution in [0.3, 0.4) is 0 Å². The SMILES string of the molecule is CCOc1c(Br)cc([C@@H]2Nc3ccccc3NC3=C2C(=O)[C@H](C(=O)OC)[C@H](C)C3)cc1OC. The van der Waals surface area contributed by atoms with Crippen molar-refractivity contribution in [1.82, 2.24) is 0 Å². The molecular weight excluding hydrogens is 488 g/mol. The Labute approximate surface area is 201 Å². The highest BCUT2D eigenvalue weighted by molar-refractivity contribution is 9.10. The van der Waals surface area contributed by atoms with Crippen LogP contribution in [0.15, 0.2) is 52.1 Å². The van der Waals surface area contributed by atoms with Gasteiger partial charge in [-0.05, 0) is 65.0 Å². The van der Waals surface area contributed by atoms with Crippen molar-refractivity contribution in [2.45, 2.75) is 26.3 Å². The molecular formula is C25H27BrN2O5. The molecule has 1 aliphatic carbocycles. The summed E-state index contributed by atoms with van der Waals surface area (Å²) in [6.45, 7) is 4.29. The third-order valence-electron chi connectivity index (χ3n) is 6.10. The fourth-order valence-corrected chi connectivity index (χ4v) is 5.15. The van der Waals surface area contributed by atoms with Crippen molar-refractivity contribution in [3.05, 3.63) is 57.7 Å². The first-order chi connectivity index (χ1) is 15.9. The summed E-state index contributed by atoms with van der Waals surface area (Å²) in [4.78, 5) is 26.3. The van der Waals surface area contributed by atoms with Gasteiger partial charge in [0.15, 0.2) is 17.3 Å². The number of benzene rings is 2. The number of allylic oxidation sites excluding steroid dienone is 1. The molecule has 2 aromatic rings. The van der Waals surface area contributed by atoms with Gasteiger partial charge in [-0.1, -0.05) is 19.1 Å². The quantitative estimate of drug-likeness (QED) is 0.424. The number of esters is 1. The van der Waals surface area contributed by atoms with E-state index in [1.165, 1.54) is 7.11 Å². The van der Waals surface area contributed by atoms with Crippen LogP contribution >= 0.6 is 15.9 Å². The van der Waals surface area contributed by atoms with Crippen LogP contribution in [0.5, 0.6) is 11.5 Å². The topological polar surface area (TPSA) is 85.9 Å². The van der Waals surface area contributed by atoms with Gasteiger partial charge in [0.1, 0.15) is 5.92 Å². The van der Waals surface area contributed by atoms with Crippen molar-refractivity contribution in [3.63, 3.8) is 0 Å². The van der Waals surface area contributed by atoms with Gasteiger partial charge in [-0.25, -0.2) is 0 Å². The zero-order valence-corrected chi connectivity index (χ0v) is 20.6. The maximum absolute atomic E-state index is 13.8. The molecule has 1 heterocycles. The minimum absolute atomic E-state index is 0.191. The summed E-state index contributed by atoms with van der Waals surface area (Å²) in [6.07, 6.45) is 0.544. The van der Waals surface area contributed by atoms with Crippen molar-refractivity contribution >= 4 is 39.1 Å². The van der Waals surface area contributed by atoms with Crippen molar-refractivity contribution in [3.8, 4) is 11.5 Å². The maximum Gasteiger partial charge on any atom is 0.316 e. The largest absolute Gasteiger partial charge is 0.493 e. The minimum Gasteiger partial charge on any atom is -0.493 e. The maximum atomic E-state index is 13.8. The number of fused-ring (bicyclic) bond motifs is 1.